The van der Waals surface area contributed by atoms with Crippen molar-refractivity contribution in [1.29, 1.82) is 0 Å². The summed E-state index contributed by atoms with van der Waals surface area (Å²) in [5, 5.41) is 0. The highest BCUT2D eigenvalue weighted by atomic mass is 32.1. The van der Waals surface area contributed by atoms with Crippen molar-refractivity contribution < 1.29 is 0 Å². The van der Waals surface area contributed by atoms with Crippen LogP contribution in [0.4, 0.5) is 0 Å². The largest absolute Gasteiger partial charge is 0.0846 e. The van der Waals surface area contributed by atoms with Crippen molar-refractivity contribution in [3.8, 4) is 0 Å². The molecule has 10 heavy (non-hydrogen) atoms. The van der Waals surface area contributed by atoms with Gasteiger partial charge in [0.2, 0.25) is 0 Å². The van der Waals surface area contributed by atoms with Crippen molar-refractivity contribution in [3.63, 3.8) is 0 Å². The fraction of sp³-hybridized carbons (Fsp3) is 0.222. The fourth-order valence-corrected chi connectivity index (χ4v) is 0.924. The predicted molar refractivity (Wildman–Crippen MR) is 48.6 cm³/mol. The first-order chi connectivity index (χ1) is 4.70. The van der Waals surface area contributed by atoms with Gasteiger partial charge in [-0.05, 0) is 19.4 Å². The maximum atomic E-state index is 5.01. The van der Waals surface area contributed by atoms with Crippen molar-refractivity contribution >= 4 is 17.1 Å². The van der Waals surface area contributed by atoms with Crippen molar-refractivity contribution in [2.75, 3.05) is 0 Å². The van der Waals surface area contributed by atoms with Crippen LogP contribution in [0.25, 0.3) is 0 Å². The Labute approximate surface area is 66.9 Å². The summed E-state index contributed by atoms with van der Waals surface area (Å²) in [4.78, 5) is 0.958. The third-order valence-corrected chi connectivity index (χ3v) is 1.69. The second-order valence-corrected chi connectivity index (χ2v) is 3.03. The van der Waals surface area contributed by atoms with E-state index in [1.807, 2.05) is 6.92 Å². The molecule has 0 amide bonds. The smallest absolute Gasteiger partial charge is 0.0193 e. The van der Waals surface area contributed by atoms with E-state index >= 15 is 0 Å². The van der Waals surface area contributed by atoms with Gasteiger partial charge in [-0.3, -0.25) is 0 Å². The van der Waals surface area contributed by atoms with Crippen molar-refractivity contribution in [1.82, 2.24) is 0 Å². The van der Waals surface area contributed by atoms with E-state index in [1.54, 1.807) is 0 Å². The van der Waals surface area contributed by atoms with Crippen molar-refractivity contribution in [3.05, 3.63) is 35.4 Å². The molecule has 0 fully saturated rings. The maximum absolute atomic E-state index is 5.01. The van der Waals surface area contributed by atoms with Crippen LogP contribution in [0.3, 0.4) is 0 Å². The number of benzene rings is 1. The van der Waals surface area contributed by atoms with Crippen LogP contribution < -0.4 is 0 Å². The molecule has 1 aromatic rings. The molecule has 0 saturated carbocycles. The molecular weight excluding hydrogens is 140 g/mol. The quantitative estimate of drug-likeness (QED) is 0.438. The van der Waals surface area contributed by atoms with Crippen LogP contribution in [-0.2, 0) is 0 Å². The highest BCUT2D eigenvalue weighted by Crippen LogP contribution is 2.03. The summed E-state index contributed by atoms with van der Waals surface area (Å²) < 4.78 is 0. The molecule has 1 aromatic carbocycles. The molecule has 0 atom stereocenters. The number of rotatable bonds is 1. The Balaban J connectivity index is 3.00. The van der Waals surface area contributed by atoms with Crippen LogP contribution in [0, 0.1) is 6.92 Å². The lowest BCUT2D eigenvalue weighted by Crippen LogP contribution is -1.88. The molecule has 0 radical (unpaired) electrons. The second kappa shape index (κ2) is 2.93. The minimum absolute atomic E-state index is 0.958. The summed E-state index contributed by atoms with van der Waals surface area (Å²) in [5.41, 5.74) is 2.43. The summed E-state index contributed by atoms with van der Waals surface area (Å²) in [5.74, 6) is 0. The molecular formula is C9H10S. The Morgan fingerprint density at radius 3 is 2.10 bits per heavy atom. The molecule has 0 N–H and O–H groups in total. The van der Waals surface area contributed by atoms with Gasteiger partial charge in [0, 0.05) is 4.86 Å². The summed E-state index contributed by atoms with van der Waals surface area (Å²) in [6, 6.07) is 8.26. The average molecular weight is 150 g/mol. The van der Waals surface area contributed by atoms with E-state index in [1.165, 1.54) is 5.56 Å². The Bertz CT molecular complexity index is 233. The zero-order valence-electron chi connectivity index (χ0n) is 6.22. The highest BCUT2D eigenvalue weighted by Gasteiger charge is 1.91. The summed E-state index contributed by atoms with van der Waals surface area (Å²) in [6.45, 7) is 4.02. The van der Waals surface area contributed by atoms with Gasteiger partial charge in [-0.1, -0.05) is 42.0 Å². The molecule has 0 bridgehead atoms. The molecule has 0 heterocycles. The van der Waals surface area contributed by atoms with Crippen molar-refractivity contribution in [2.45, 2.75) is 13.8 Å². The third-order valence-electron chi connectivity index (χ3n) is 1.46. The predicted octanol–water partition coefficient (Wildman–Crippen LogP) is 2.73. The molecule has 52 valence electrons. The Morgan fingerprint density at radius 2 is 1.70 bits per heavy atom. The average Bonchev–Trinajstić information content (AvgIpc) is 1.88. The van der Waals surface area contributed by atoms with Gasteiger partial charge >= 0.3 is 0 Å². The van der Waals surface area contributed by atoms with Crippen LogP contribution in [-0.4, -0.2) is 4.86 Å². The minimum Gasteiger partial charge on any atom is -0.0846 e. The van der Waals surface area contributed by atoms with Gasteiger partial charge in [-0.15, -0.1) is 0 Å². The first kappa shape index (κ1) is 7.42. The Morgan fingerprint density at radius 1 is 1.20 bits per heavy atom. The van der Waals surface area contributed by atoms with E-state index in [-0.39, 0.29) is 0 Å². The molecule has 0 aromatic heterocycles. The fourth-order valence-electron chi connectivity index (χ4n) is 0.788. The number of aryl methyl sites for hydroxylation is 1. The van der Waals surface area contributed by atoms with Crippen LogP contribution in [0.5, 0.6) is 0 Å². The first-order valence-corrected chi connectivity index (χ1v) is 3.68. The standard InChI is InChI=1S/C9H10S/c1-7-3-5-9(6-4-7)8(2)10/h3-6H,1-2H3. The van der Waals surface area contributed by atoms with Gasteiger partial charge in [-0.2, -0.15) is 0 Å². The molecule has 1 rings (SSSR count). The summed E-state index contributed by atoms with van der Waals surface area (Å²) in [7, 11) is 0. The Kier molecular flexibility index (Phi) is 2.17. The number of hydrogen-bond donors (Lipinski definition) is 0. The van der Waals surface area contributed by atoms with Gasteiger partial charge < -0.3 is 0 Å². The zero-order chi connectivity index (χ0) is 7.56. The molecule has 1 heteroatoms. The van der Waals surface area contributed by atoms with E-state index in [0.717, 1.165) is 10.4 Å². The van der Waals surface area contributed by atoms with E-state index in [4.69, 9.17) is 12.2 Å². The van der Waals surface area contributed by atoms with Crippen LogP contribution in [0.1, 0.15) is 18.1 Å². The highest BCUT2D eigenvalue weighted by molar-refractivity contribution is 7.80. The van der Waals surface area contributed by atoms with Gasteiger partial charge in [0.1, 0.15) is 0 Å². The number of thiocarbonyl (C=S) groups is 1. The summed E-state index contributed by atoms with van der Waals surface area (Å²) in [6.07, 6.45) is 0. The molecule has 0 unspecified atom stereocenters. The Hall–Kier alpha value is -0.690. The molecule has 0 aliphatic carbocycles. The van der Waals surface area contributed by atoms with Gasteiger partial charge in [-0.25, -0.2) is 0 Å². The van der Waals surface area contributed by atoms with Gasteiger partial charge in [0.15, 0.2) is 0 Å². The van der Waals surface area contributed by atoms with Crippen LogP contribution in [0.15, 0.2) is 24.3 Å². The topological polar surface area (TPSA) is 0 Å². The molecule has 0 spiro atoms. The molecule has 0 saturated heterocycles. The summed E-state index contributed by atoms with van der Waals surface area (Å²) >= 11 is 5.01. The van der Waals surface area contributed by atoms with Crippen LogP contribution >= 0.6 is 12.2 Å². The normalized spacial score (nSPS) is 9.40. The lowest BCUT2D eigenvalue weighted by Gasteiger charge is -1.96. The number of hydrogen-bond acceptors (Lipinski definition) is 1. The minimum atomic E-state index is 0.958. The molecule has 0 aliphatic heterocycles. The lowest BCUT2D eigenvalue weighted by atomic mass is 10.1. The van der Waals surface area contributed by atoms with E-state index in [2.05, 4.69) is 31.2 Å². The maximum Gasteiger partial charge on any atom is 0.0193 e. The molecule has 0 nitrogen and oxygen atoms in total. The van der Waals surface area contributed by atoms with Gasteiger partial charge in [0.25, 0.3) is 0 Å². The SMILES string of the molecule is CC(=S)c1ccc(C)cc1. The molecule has 0 aliphatic rings. The van der Waals surface area contributed by atoms with Gasteiger partial charge in [0.05, 0.1) is 0 Å². The monoisotopic (exact) mass is 150 g/mol. The van der Waals surface area contributed by atoms with Crippen molar-refractivity contribution in [2.24, 2.45) is 0 Å². The zero-order valence-corrected chi connectivity index (χ0v) is 7.03. The second-order valence-electron chi connectivity index (χ2n) is 2.42. The van der Waals surface area contributed by atoms with E-state index in [9.17, 15) is 0 Å². The van der Waals surface area contributed by atoms with Crippen LogP contribution in [0.2, 0.25) is 0 Å². The third kappa shape index (κ3) is 1.64. The first-order valence-electron chi connectivity index (χ1n) is 3.28. The lowest BCUT2D eigenvalue weighted by molar-refractivity contribution is 1.46. The van der Waals surface area contributed by atoms with E-state index < -0.39 is 0 Å². The van der Waals surface area contributed by atoms with E-state index in [0.29, 0.717) is 0 Å².